The molecule has 0 bridgehead atoms. The third kappa shape index (κ3) is 3.20. The summed E-state index contributed by atoms with van der Waals surface area (Å²) in [4.78, 5) is 0. The maximum Gasteiger partial charge on any atom is 0.161 e. The van der Waals surface area contributed by atoms with E-state index in [-0.39, 0.29) is 0 Å². The molecule has 1 aromatic carbocycles. The van der Waals surface area contributed by atoms with Gasteiger partial charge in [0.2, 0.25) is 0 Å². The highest BCUT2D eigenvalue weighted by atomic mass is 79.9. The van der Waals surface area contributed by atoms with Crippen molar-refractivity contribution in [3.8, 4) is 11.5 Å². The number of benzene rings is 1. The van der Waals surface area contributed by atoms with Gasteiger partial charge in [-0.05, 0) is 17.7 Å². The van der Waals surface area contributed by atoms with Crippen LogP contribution in [-0.4, -0.2) is 24.0 Å². The minimum atomic E-state index is 0.651. The fraction of sp³-hybridized carbons (Fsp3) is 0.308. The second kappa shape index (κ2) is 5.97. The molecule has 0 atom stereocenters. The first-order valence-corrected chi connectivity index (χ1v) is 6.57. The third-order valence-corrected chi connectivity index (χ3v) is 3.46. The quantitative estimate of drug-likeness (QED) is 0.918. The number of methoxy groups -OCH3 is 2. The lowest BCUT2D eigenvalue weighted by atomic mass is 10.2. The second-order valence-electron chi connectivity index (χ2n) is 4.03. The Morgan fingerprint density at radius 3 is 2.53 bits per heavy atom. The minimum Gasteiger partial charge on any atom is -0.493 e. The molecule has 0 amide bonds. The Morgan fingerprint density at radius 1 is 1.26 bits per heavy atom. The van der Waals surface area contributed by atoms with E-state index in [2.05, 4.69) is 26.3 Å². The molecular weight excluding hydrogens is 310 g/mol. The maximum atomic E-state index is 5.29. The molecule has 0 aliphatic heterocycles. The van der Waals surface area contributed by atoms with Crippen LogP contribution in [0.1, 0.15) is 5.56 Å². The Kier molecular flexibility index (Phi) is 4.31. The van der Waals surface area contributed by atoms with E-state index in [0.717, 1.165) is 15.9 Å². The molecule has 0 aliphatic rings. The fourth-order valence-corrected chi connectivity index (χ4v) is 2.19. The number of nitrogens with one attached hydrogen (secondary N) is 1. The molecule has 0 fully saturated rings. The highest BCUT2D eigenvalue weighted by Crippen LogP contribution is 2.33. The molecule has 102 valence electrons. The second-order valence-corrected chi connectivity index (χ2v) is 4.88. The van der Waals surface area contributed by atoms with Gasteiger partial charge in [-0.15, -0.1) is 0 Å². The molecule has 5 nitrogen and oxygen atoms in total. The molecule has 0 spiro atoms. The molecule has 0 aliphatic carbocycles. The molecule has 2 aromatic rings. The van der Waals surface area contributed by atoms with Crippen LogP contribution < -0.4 is 14.8 Å². The van der Waals surface area contributed by atoms with Crippen molar-refractivity contribution in [2.75, 3.05) is 19.5 Å². The van der Waals surface area contributed by atoms with E-state index >= 15 is 0 Å². The summed E-state index contributed by atoms with van der Waals surface area (Å²) in [5, 5.41) is 7.52. The van der Waals surface area contributed by atoms with E-state index in [0.29, 0.717) is 18.0 Å². The summed E-state index contributed by atoms with van der Waals surface area (Å²) in [6.45, 7) is 0.651. The topological polar surface area (TPSA) is 48.3 Å². The van der Waals surface area contributed by atoms with Crippen molar-refractivity contribution in [1.29, 1.82) is 0 Å². The number of anilines is 1. The van der Waals surface area contributed by atoms with Gasteiger partial charge in [0.1, 0.15) is 5.82 Å². The smallest absolute Gasteiger partial charge is 0.161 e. The van der Waals surface area contributed by atoms with Crippen LogP contribution in [0.3, 0.4) is 0 Å². The average molecular weight is 326 g/mol. The van der Waals surface area contributed by atoms with Crippen molar-refractivity contribution >= 4 is 21.7 Å². The SMILES string of the molecule is COc1cc(Br)c(CNc2ccn(C)n2)cc1OC. The molecule has 1 heterocycles. The van der Waals surface area contributed by atoms with Gasteiger partial charge >= 0.3 is 0 Å². The molecule has 6 heteroatoms. The van der Waals surface area contributed by atoms with Crippen LogP contribution >= 0.6 is 15.9 Å². The summed E-state index contributed by atoms with van der Waals surface area (Å²) in [6.07, 6.45) is 1.89. The Labute approximate surface area is 120 Å². The van der Waals surface area contributed by atoms with Gasteiger partial charge in [-0.3, -0.25) is 4.68 Å². The third-order valence-electron chi connectivity index (χ3n) is 2.73. The number of ether oxygens (including phenoxy) is 2. The molecule has 1 aromatic heterocycles. The molecule has 0 unspecified atom stereocenters. The zero-order chi connectivity index (χ0) is 13.8. The monoisotopic (exact) mass is 325 g/mol. The Bertz CT molecular complexity index is 569. The summed E-state index contributed by atoms with van der Waals surface area (Å²) in [7, 11) is 5.13. The van der Waals surface area contributed by atoms with Crippen LogP contribution in [0.25, 0.3) is 0 Å². The van der Waals surface area contributed by atoms with E-state index < -0.39 is 0 Å². The summed E-state index contributed by atoms with van der Waals surface area (Å²) in [5.41, 5.74) is 1.07. The normalized spacial score (nSPS) is 10.3. The maximum absolute atomic E-state index is 5.29. The lowest BCUT2D eigenvalue weighted by Crippen LogP contribution is -2.02. The molecule has 19 heavy (non-hydrogen) atoms. The molecule has 0 saturated carbocycles. The lowest BCUT2D eigenvalue weighted by Gasteiger charge is -2.12. The van der Waals surface area contributed by atoms with Gasteiger partial charge in [-0.2, -0.15) is 5.10 Å². The van der Waals surface area contributed by atoms with Crippen LogP contribution in [-0.2, 0) is 13.6 Å². The van der Waals surface area contributed by atoms with E-state index in [1.807, 2.05) is 31.4 Å². The van der Waals surface area contributed by atoms with Gasteiger partial charge in [0, 0.05) is 30.3 Å². The molecule has 2 rings (SSSR count). The largest absolute Gasteiger partial charge is 0.493 e. The first kappa shape index (κ1) is 13.7. The van der Waals surface area contributed by atoms with Gasteiger partial charge in [-0.1, -0.05) is 15.9 Å². The molecule has 0 saturated heterocycles. The number of hydrogen-bond acceptors (Lipinski definition) is 4. The van der Waals surface area contributed by atoms with Crippen molar-refractivity contribution in [2.24, 2.45) is 7.05 Å². The zero-order valence-electron chi connectivity index (χ0n) is 11.1. The van der Waals surface area contributed by atoms with Crippen molar-refractivity contribution in [3.63, 3.8) is 0 Å². The number of halogens is 1. The standard InChI is InChI=1S/C13H16BrN3O2/c1-17-5-4-13(16-17)15-8-9-6-11(18-2)12(19-3)7-10(9)14/h4-7H,8H2,1-3H3,(H,15,16). The summed E-state index contributed by atoms with van der Waals surface area (Å²) >= 11 is 3.53. The predicted octanol–water partition coefficient (Wildman–Crippen LogP) is 2.81. The molecular formula is C13H16BrN3O2. The fourth-order valence-electron chi connectivity index (χ4n) is 1.73. The van der Waals surface area contributed by atoms with Crippen LogP contribution in [0, 0.1) is 0 Å². The van der Waals surface area contributed by atoms with Crippen molar-refractivity contribution < 1.29 is 9.47 Å². The predicted molar refractivity (Wildman–Crippen MR) is 77.8 cm³/mol. The number of hydrogen-bond donors (Lipinski definition) is 1. The first-order valence-electron chi connectivity index (χ1n) is 5.78. The van der Waals surface area contributed by atoms with Crippen LogP contribution in [0.4, 0.5) is 5.82 Å². The summed E-state index contributed by atoms with van der Waals surface area (Å²) in [6, 6.07) is 5.77. The minimum absolute atomic E-state index is 0.651. The van der Waals surface area contributed by atoms with E-state index in [1.54, 1.807) is 18.9 Å². The van der Waals surface area contributed by atoms with Crippen LogP contribution in [0.5, 0.6) is 11.5 Å². The molecule has 0 radical (unpaired) electrons. The Morgan fingerprint density at radius 2 is 1.95 bits per heavy atom. The van der Waals surface area contributed by atoms with Gasteiger partial charge in [0.15, 0.2) is 11.5 Å². The highest BCUT2D eigenvalue weighted by Gasteiger charge is 2.09. The van der Waals surface area contributed by atoms with Gasteiger partial charge in [0.25, 0.3) is 0 Å². The Balaban J connectivity index is 2.15. The van der Waals surface area contributed by atoms with Gasteiger partial charge in [-0.25, -0.2) is 0 Å². The average Bonchev–Trinajstić information content (AvgIpc) is 2.82. The Hall–Kier alpha value is -1.69. The highest BCUT2D eigenvalue weighted by molar-refractivity contribution is 9.10. The number of rotatable bonds is 5. The van der Waals surface area contributed by atoms with Gasteiger partial charge < -0.3 is 14.8 Å². The van der Waals surface area contributed by atoms with Gasteiger partial charge in [0.05, 0.1) is 14.2 Å². The summed E-state index contributed by atoms with van der Waals surface area (Å²) in [5.74, 6) is 2.25. The number of nitrogens with zero attached hydrogens (tertiary/aromatic N) is 2. The number of aryl methyl sites for hydroxylation is 1. The van der Waals surface area contributed by atoms with E-state index in [9.17, 15) is 0 Å². The van der Waals surface area contributed by atoms with E-state index in [4.69, 9.17) is 9.47 Å². The van der Waals surface area contributed by atoms with Crippen molar-refractivity contribution in [1.82, 2.24) is 9.78 Å². The van der Waals surface area contributed by atoms with Crippen LogP contribution in [0.15, 0.2) is 28.9 Å². The summed E-state index contributed by atoms with van der Waals surface area (Å²) < 4.78 is 13.3. The van der Waals surface area contributed by atoms with E-state index in [1.165, 1.54) is 0 Å². The lowest BCUT2D eigenvalue weighted by molar-refractivity contribution is 0.354. The molecule has 1 N–H and O–H groups in total. The van der Waals surface area contributed by atoms with Crippen molar-refractivity contribution in [2.45, 2.75) is 6.54 Å². The number of aromatic nitrogens is 2. The van der Waals surface area contributed by atoms with Crippen LogP contribution in [0.2, 0.25) is 0 Å². The zero-order valence-corrected chi connectivity index (χ0v) is 12.7. The first-order chi connectivity index (χ1) is 9.13. The van der Waals surface area contributed by atoms with Crippen molar-refractivity contribution in [3.05, 3.63) is 34.4 Å².